The fraction of sp³-hybridized carbons (Fsp3) is 0.344. The number of anilines is 4. The minimum absolute atomic E-state index is 0.122. The van der Waals surface area contributed by atoms with Crippen molar-refractivity contribution in [2.24, 2.45) is 0 Å². The fourth-order valence-electron chi connectivity index (χ4n) is 11.4. The second kappa shape index (κ2) is 21.6. The minimum atomic E-state index is -0.302. The molecule has 80 heavy (non-hydrogen) atoms. The first-order valence-electron chi connectivity index (χ1n) is 27.3. The topological polar surface area (TPSA) is 121 Å². The van der Waals surface area contributed by atoms with Crippen LogP contribution in [-0.2, 0) is 29.6 Å². The van der Waals surface area contributed by atoms with E-state index >= 15 is 0 Å². The van der Waals surface area contributed by atoms with Crippen LogP contribution in [0.2, 0.25) is 0 Å². The van der Waals surface area contributed by atoms with Crippen molar-refractivity contribution in [2.45, 2.75) is 104 Å². The van der Waals surface area contributed by atoms with E-state index in [4.69, 9.17) is 38.7 Å². The van der Waals surface area contributed by atoms with Crippen LogP contribution < -0.4 is 9.80 Å². The Kier molecular flexibility index (Phi) is 14.9. The van der Waals surface area contributed by atoms with Crippen molar-refractivity contribution in [3.05, 3.63) is 172 Å². The summed E-state index contributed by atoms with van der Waals surface area (Å²) < 4.78 is 52.0. The predicted octanol–water partition coefficient (Wildman–Crippen LogP) is 14.7. The van der Waals surface area contributed by atoms with E-state index in [1.54, 1.807) is 12.4 Å². The molecule has 5 aliphatic heterocycles. The number of nitrogens with zero attached hydrogens (tertiary/aromatic N) is 8. The number of benzene rings is 2. The third kappa shape index (κ3) is 10.6. The molecule has 8 aromatic rings. The summed E-state index contributed by atoms with van der Waals surface area (Å²) in [4.78, 5) is 33.0. The van der Waals surface area contributed by atoms with Crippen LogP contribution in [-0.4, -0.2) is 87.7 Å². The zero-order valence-corrected chi connectivity index (χ0v) is 48.7. The normalized spacial score (nSPS) is 18.4. The molecule has 1 fully saturated rings. The summed E-state index contributed by atoms with van der Waals surface area (Å²) in [6, 6.07) is 25.6. The largest absolute Gasteiger partial charge is 0.490 e. The van der Waals surface area contributed by atoms with Crippen LogP contribution in [0.3, 0.4) is 0 Å². The predicted molar refractivity (Wildman–Crippen MR) is 319 cm³/mol. The lowest BCUT2D eigenvalue weighted by Gasteiger charge is -2.32. The summed E-state index contributed by atoms with van der Waals surface area (Å²) in [5.41, 5.74) is 15.5. The smallest absolute Gasteiger partial charge is 0.400 e. The van der Waals surface area contributed by atoms with Gasteiger partial charge in [-0.15, -0.1) is 0 Å². The summed E-state index contributed by atoms with van der Waals surface area (Å²) in [6.07, 6.45) is 13.4. The molecular weight excluding hydrogens is 1070 g/mol. The van der Waals surface area contributed by atoms with Gasteiger partial charge in [0.05, 0.1) is 106 Å². The van der Waals surface area contributed by atoms with Crippen LogP contribution in [0.15, 0.2) is 132 Å². The van der Waals surface area contributed by atoms with E-state index in [0.717, 1.165) is 128 Å². The maximum absolute atomic E-state index is 14.3. The van der Waals surface area contributed by atoms with E-state index in [9.17, 15) is 8.78 Å². The monoisotopic (exact) mass is 1140 g/mol. The van der Waals surface area contributed by atoms with Gasteiger partial charge in [-0.3, -0.25) is 19.9 Å². The molecule has 0 bridgehead atoms. The fourth-order valence-corrected chi connectivity index (χ4v) is 11.7. The summed E-state index contributed by atoms with van der Waals surface area (Å²) in [6.45, 7) is 25.6. The lowest BCUT2D eigenvalue weighted by atomic mass is 9.75. The Balaban J connectivity index is 0.000000136. The molecule has 0 amide bonds. The molecule has 1 saturated heterocycles. The van der Waals surface area contributed by atoms with Crippen LogP contribution in [0.5, 0.6) is 0 Å². The second-order valence-electron chi connectivity index (χ2n) is 23.4. The van der Waals surface area contributed by atoms with Crippen molar-refractivity contribution >= 4 is 73.2 Å². The van der Waals surface area contributed by atoms with Crippen LogP contribution in [0.4, 0.5) is 31.5 Å². The molecule has 0 radical (unpaired) electrons. The zero-order chi connectivity index (χ0) is 56.3. The number of aromatic nitrogens is 6. The molecule has 0 spiro atoms. The van der Waals surface area contributed by atoms with Gasteiger partial charge in [0.25, 0.3) is 0 Å². The van der Waals surface area contributed by atoms with Gasteiger partial charge in [0.15, 0.2) is 0 Å². The minimum Gasteiger partial charge on any atom is -0.400 e. The third-order valence-corrected chi connectivity index (χ3v) is 16.7. The van der Waals surface area contributed by atoms with Crippen LogP contribution in [0.1, 0.15) is 96.3 Å². The number of pyridine rings is 6. The van der Waals surface area contributed by atoms with Crippen molar-refractivity contribution < 1.29 is 27.6 Å². The van der Waals surface area contributed by atoms with Gasteiger partial charge in [0.1, 0.15) is 11.6 Å². The second-order valence-corrected chi connectivity index (χ2v) is 24.3. The van der Waals surface area contributed by atoms with Crippen molar-refractivity contribution in [1.82, 2.24) is 29.9 Å². The Bertz CT molecular complexity index is 3730. The van der Waals surface area contributed by atoms with Gasteiger partial charge in [-0.05, 0) is 148 Å². The molecule has 6 aromatic heterocycles. The summed E-state index contributed by atoms with van der Waals surface area (Å²) in [5.74, 6) is -0.604. The number of rotatable bonds is 6. The first kappa shape index (κ1) is 55.1. The first-order valence-corrected chi connectivity index (χ1v) is 28.1. The quantitative estimate of drug-likeness (QED) is 0.147. The van der Waals surface area contributed by atoms with Gasteiger partial charge in [0.2, 0.25) is 0 Å². The van der Waals surface area contributed by atoms with E-state index in [-0.39, 0.29) is 40.8 Å². The number of hydrogen-bond acceptors (Lipinski definition) is 12. The molecule has 2 aromatic carbocycles. The van der Waals surface area contributed by atoms with Crippen LogP contribution in [0.25, 0.3) is 50.2 Å². The average Bonchev–Trinajstić information content (AvgIpc) is 4.10. The van der Waals surface area contributed by atoms with Crippen LogP contribution in [0, 0.1) is 25.5 Å². The molecule has 0 N–H and O–H groups in total. The van der Waals surface area contributed by atoms with Crippen molar-refractivity contribution in [1.29, 1.82) is 0 Å². The number of fused-ring (bicyclic) bond motifs is 4. The van der Waals surface area contributed by atoms with Gasteiger partial charge in [-0.1, -0.05) is 52.0 Å². The maximum atomic E-state index is 14.3. The molecule has 0 aliphatic carbocycles. The SMILES string of the molecule is CC1(C)OB(C2=CCOCC2)OC1(C)C.Cc1c(-c2ccccn2)nc2cc(F)ccc2c1N1CC(C)(C)c2ncc(Br)cc21.Cc1c(-c2ccccn2)nc2cc(F)ccc2c1N1CC(C)(C)c2ncc(C3=CCOCC3)cc21. The Morgan fingerprint density at radius 2 is 1.07 bits per heavy atom. The highest BCUT2D eigenvalue weighted by molar-refractivity contribution is 9.10. The molecule has 0 saturated carbocycles. The van der Waals surface area contributed by atoms with Gasteiger partial charge >= 0.3 is 7.12 Å². The summed E-state index contributed by atoms with van der Waals surface area (Å²) in [7, 11) is -0.182. The van der Waals surface area contributed by atoms with E-state index in [0.29, 0.717) is 24.2 Å². The molecule has 410 valence electrons. The number of hydrogen-bond donors (Lipinski definition) is 0. The molecule has 5 aliphatic rings. The molecular formula is C64H66BBrF2N8O4. The lowest BCUT2D eigenvalue weighted by molar-refractivity contribution is 0.00578. The average molecular weight is 1140 g/mol. The van der Waals surface area contributed by atoms with Gasteiger partial charge in [-0.2, -0.15) is 0 Å². The number of halogens is 3. The van der Waals surface area contributed by atoms with E-state index < -0.39 is 0 Å². The van der Waals surface area contributed by atoms with E-state index in [2.05, 4.69) is 129 Å². The Morgan fingerprint density at radius 3 is 1.55 bits per heavy atom. The summed E-state index contributed by atoms with van der Waals surface area (Å²) in [5, 5.41) is 1.83. The van der Waals surface area contributed by atoms with Crippen molar-refractivity contribution in [3.63, 3.8) is 0 Å². The molecule has 11 heterocycles. The first-order chi connectivity index (χ1) is 38.2. The lowest BCUT2D eigenvalue weighted by Crippen LogP contribution is -2.41. The highest BCUT2D eigenvalue weighted by Gasteiger charge is 2.52. The summed E-state index contributed by atoms with van der Waals surface area (Å²) >= 11 is 3.57. The van der Waals surface area contributed by atoms with E-state index in [1.165, 1.54) is 35.3 Å². The Labute approximate surface area is 476 Å². The van der Waals surface area contributed by atoms with Gasteiger partial charge in [0, 0.05) is 87.2 Å². The molecule has 0 unspecified atom stereocenters. The highest BCUT2D eigenvalue weighted by Crippen LogP contribution is 2.50. The van der Waals surface area contributed by atoms with Crippen LogP contribution >= 0.6 is 15.9 Å². The number of ether oxygens (including phenoxy) is 2. The van der Waals surface area contributed by atoms with Gasteiger partial charge in [-0.25, -0.2) is 18.7 Å². The zero-order valence-electron chi connectivity index (χ0n) is 47.1. The standard InChI is InChI=1S/C29H27FN4O.C24H20BrFN4.C11H19BO3/c1-18-26(23-6-4-5-11-31-23)33-24-15-21(30)7-8-22(24)27(18)34-17-29(2,3)28-25(34)14-20(16-32-28)19-9-12-35-13-10-19;1-14-21(18-6-4-5-9-27-18)29-19-11-16(26)7-8-17(19)22(14)30-13-24(2,3)23-20(30)10-15(25)12-28-23;1-10(2)11(3,4)15-12(14-10)9-5-7-13-8-6-9/h4-9,11,14-16H,10,12-13,17H2,1-3H3;4-12H,13H2,1-3H3;5H,6-8H2,1-4H3. The van der Waals surface area contributed by atoms with Crippen molar-refractivity contribution in [3.8, 4) is 22.8 Å². The molecule has 0 atom stereocenters. The molecule has 12 nitrogen and oxygen atoms in total. The van der Waals surface area contributed by atoms with Gasteiger partial charge < -0.3 is 28.6 Å². The molecule has 13 rings (SSSR count). The third-order valence-electron chi connectivity index (χ3n) is 16.2. The molecule has 16 heteroatoms. The maximum Gasteiger partial charge on any atom is 0.490 e. The Morgan fingerprint density at radius 1 is 0.575 bits per heavy atom. The Hall–Kier alpha value is -6.82. The van der Waals surface area contributed by atoms with Crippen molar-refractivity contribution in [2.75, 3.05) is 49.3 Å². The van der Waals surface area contributed by atoms with E-state index in [1.807, 2.05) is 60.9 Å². The highest BCUT2D eigenvalue weighted by atomic mass is 79.9.